The van der Waals surface area contributed by atoms with Gasteiger partial charge in [-0.15, -0.1) is 0 Å². The first-order chi connectivity index (χ1) is 11.3. The number of benzene rings is 1. The zero-order chi connectivity index (χ0) is 19.4. The van der Waals surface area contributed by atoms with Crippen molar-refractivity contribution in [2.45, 2.75) is 39.1 Å². The highest BCUT2D eigenvalue weighted by Gasteiger charge is 2.33. The van der Waals surface area contributed by atoms with E-state index in [1.165, 1.54) is 7.05 Å². The van der Waals surface area contributed by atoms with Crippen LogP contribution < -0.4 is 5.32 Å². The highest BCUT2D eigenvalue weighted by Crippen LogP contribution is 2.32. The number of ether oxygens (including phenoxy) is 1. The molecule has 0 bridgehead atoms. The summed E-state index contributed by atoms with van der Waals surface area (Å²) in [4.78, 5) is 24.5. The molecular weight excluding hydrogens is 344 g/mol. The fourth-order valence-corrected chi connectivity index (χ4v) is 1.84. The number of alkyl halides is 3. The van der Waals surface area contributed by atoms with Crippen molar-refractivity contribution in [3.8, 4) is 0 Å². The zero-order valence-electron chi connectivity index (χ0n) is 14.3. The molecule has 0 aliphatic heterocycles. The van der Waals surface area contributed by atoms with E-state index < -0.39 is 48.2 Å². The second-order valence-electron chi connectivity index (χ2n) is 6.41. The standard InChI is InChI=1S/C16H20F4N2O3/c1-15(2,3)25-14(24)22(4)9-13(23)21-8-10-5-6-11(17)7-12(10)16(18,19)20/h5-7H,8-9H2,1-4H3,(H,21,23). The Morgan fingerprint density at radius 1 is 1.20 bits per heavy atom. The quantitative estimate of drug-likeness (QED) is 0.834. The molecular formula is C16H20F4N2O3. The molecule has 0 aromatic heterocycles. The van der Waals surface area contributed by atoms with Gasteiger partial charge in [0.1, 0.15) is 18.0 Å². The van der Waals surface area contributed by atoms with Gasteiger partial charge in [0.25, 0.3) is 0 Å². The van der Waals surface area contributed by atoms with Gasteiger partial charge in [0, 0.05) is 13.6 Å². The highest BCUT2D eigenvalue weighted by molar-refractivity contribution is 5.82. The van der Waals surface area contributed by atoms with E-state index in [2.05, 4.69) is 5.32 Å². The number of rotatable bonds is 4. The Kier molecular flexibility index (Phi) is 6.39. The topological polar surface area (TPSA) is 58.6 Å². The van der Waals surface area contributed by atoms with Crippen LogP contribution in [0.4, 0.5) is 22.4 Å². The first kappa shape index (κ1) is 20.7. The smallest absolute Gasteiger partial charge is 0.416 e. The maximum atomic E-state index is 13.0. The second kappa shape index (κ2) is 7.71. The van der Waals surface area contributed by atoms with Crippen LogP contribution in [-0.2, 0) is 22.3 Å². The molecule has 0 aliphatic rings. The Morgan fingerprint density at radius 2 is 1.80 bits per heavy atom. The van der Waals surface area contributed by atoms with Crippen molar-refractivity contribution >= 4 is 12.0 Å². The van der Waals surface area contributed by atoms with Gasteiger partial charge in [0.05, 0.1) is 5.56 Å². The lowest BCUT2D eigenvalue weighted by molar-refractivity contribution is -0.138. The van der Waals surface area contributed by atoms with Crippen LogP contribution >= 0.6 is 0 Å². The number of carbonyl (C=O) groups is 2. The Labute approximate surface area is 142 Å². The molecule has 1 aromatic carbocycles. The molecule has 140 valence electrons. The number of carbonyl (C=O) groups excluding carboxylic acids is 2. The predicted molar refractivity (Wildman–Crippen MR) is 82.1 cm³/mol. The number of nitrogens with one attached hydrogen (secondary N) is 1. The molecule has 1 rings (SSSR count). The molecule has 0 saturated heterocycles. The van der Waals surface area contributed by atoms with Crippen molar-refractivity contribution in [3.05, 3.63) is 35.1 Å². The molecule has 25 heavy (non-hydrogen) atoms. The van der Waals surface area contributed by atoms with E-state index >= 15 is 0 Å². The van der Waals surface area contributed by atoms with Crippen LogP contribution in [0.5, 0.6) is 0 Å². The lowest BCUT2D eigenvalue weighted by Gasteiger charge is -2.24. The van der Waals surface area contributed by atoms with Gasteiger partial charge in [-0.05, 0) is 38.5 Å². The summed E-state index contributed by atoms with van der Waals surface area (Å²) in [5.41, 5.74) is -2.17. The number of hydrogen-bond acceptors (Lipinski definition) is 3. The summed E-state index contributed by atoms with van der Waals surface area (Å²) in [7, 11) is 1.33. The third-order valence-electron chi connectivity index (χ3n) is 2.94. The Balaban J connectivity index is 2.67. The Morgan fingerprint density at radius 3 is 2.32 bits per heavy atom. The molecule has 0 radical (unpaired) electrons. The highest BCUT2D eigenvalue weighted by atomic mass is 19.4. The van der Waals surface area contributed by atoms with Crippen LogP contribution in [0.2, 0.25) is 0 Å². The van der Waals surface area contributed by atoms with Crippen molar-refractivity contribution in [3.63, 3.8) is 0 Å². The first-order valence-corrected chi connectivity index (χ1v) is 7.36. The molecule has 0 aliphatic carbocycles. The maximum Gasteiger partial charge on any atom is 0.416 e. The monoisotopic (exact) mass is 364 g/mol. The first-order valence-electron chi connectivity index (χ1n) is 7.36. The fraction of sp³-hybridized carbons (Fsp3) is 0.500. The maximum absolute atomic E-state index is 13.0. The van der Waals surface area contributed by atoms with Gasteiger partial charge in [0.15, 0.2) is 0 Å². The predicted octanol–water partition coefficient (Wildman–Crippen LogP) is 3.33. The molecule has 5 nitrogen and oxygen atoms in total. The van der Waals surface area contributed by atoms with Gasteiger partial charge in [-0.3, -0.25) is 4.79 Å². The van der Waals surface area contributed by atoms with E-state index in [1.54, 1.807) is 20.8 Å². The lowest BCUT2D eigenvalue weighted by Crippen LogP contribution is -2.40. The van der Waals surface area contributed by atoms with Crippen LogP contribution in [0.25, 0.3) is 0 Å². The molecule has 9 heteroatoms. The molecule has 2 amide bonds. The van der Waals surface area contributed by atoms with Crippen LogP contribution in [0.3, 0.4) is 0 Å². The average Bonchev–Trinajstić information content (AvgIpc) is 2.43. The second-order valence-corrected chi connectivity index (χ2v) is 6.41. The minimum absolute atomic E-state index is 0.276. The molecule has 0 saturated carbocycles. The lowest BCUT2D eigenvalue weighted by atomic mass is 10.1. The van der Waals surface area contributed by atoms with Gasteiger partial charge in [-0.2, -0.15) is 13.2 Å². The largest absolute Gasteiger partial charge is 0.444 e. The summed E-state index contributed by atoms with van der Waals surface area (Å²) < 4.78 is 56.7. The summed E-state index contributed by atoms with van der Waals surface area (Å²) in [6, 6.07) is 2.20. The fourth-order valence-electron chi connectivity index (χ4n) is 1.84. The number of hydrogen-bond donors (Lipinski definition) is 1. The van der Waals surface area contributed by atoms with E-state index in [0.29, 0.717) is 6.07 Å². The zero-order valence-corrected chi connectivity index (χ0v) is 14.3. The van der Waals surface area contributed by atoms with Crippen LogP contribution in [0.1, 0.15) is 31.9 Å². The number of likely N-dealkylation sites (N-methyl/N-ethyl adjacent to an activating group) is 1. The molecule has 0 atom stereocenters. The van der Waals surface area contributed by atoms with Crippen LogP contribution in [0, 0.1) is 5.82 Å². The summed E-state index contributed by atoms with van der Waals surface area (Å²) in [6.45, 7) is 4.14. The number of nitrogens with zero attached hydrogens (tertiary/aromatic N) is 1. The molecule has 1 N–H and O–H groups in total. The van der Waals surface area contributed by atoms with Crippen LogP contribution in [0.15, 0.2) is 18.2 Å². The SMILES string of the molecule is CN(CC(=O)NCc1ccc(F)cc1C(F)(F)F)C(=O)OC(C)(C)C. The van der Waals surface area contributed by atoms with Gasteiger partial charge >= 0.3 is 12.3 Å². The van der Waals surface area contributed by atoms with Crippen molar-refractivity contribution in [1.29, 1.82) is 0 Å². The number of amides is 2. The average molecular weight is 364 g/mol. The third-order valence-corrected chi connectivity index (χ3v) is 2.94. The minimum Gasteiger partial charge on any atom is -0.444 e. The molecule has 1 aromatic rings. The van der Waals surface area contributed by atoms with Crippen molar-refractivity contribution in [2.24, 2.45) is 0 Å². The molecule has 0 heterocycles. The van der Waals surface area contributed by atoms with E-state index in [4.69, 9.17) is 4.74 Å². The van der Waals surface area contributed by atoms with Gasteiger partial charge in [0.2, 0.25) is 5.91 Å². The third kappa shape index (κ3) is 6.98. The molecule has 0 fully saturated rings. The van der Waals surface area contributed by atoms with Gasteiger partial charge < -0.3 is 15.0 Å². The summed E-state index contributed by atoms with van der Waals surface area (Å²) in [5.74, 6) is -1.70. The molecule has 0 spiro atoms. The summed E-state index contributed by atoms with van der Waals surface area (Å²) in [5, 5.41) is 2.27. The van der Waals surface area contributed by atoms with Crippen molar-refractivity contribution in [1.82, 2.24) is 10.2 Å². The Bertz CT molecular complexity index is 639. The van der Waals surface area contributed by atoms with E-state index in [0.717, 1.165) is 17.0 Å². The number of halogens is 4. The van der Waals surface area contributed by atoms with E-state index in [1.807, 2.05) is 0 Å². The van der Waals surface area contributed by atoms with Gasteiger partial charge in [-0.25, -0.2) is 9.18 Å². The Hall–Kier alpha value is -2.32. The molecule has 0 unspecified atom stereocenters. The van der Waals surface area contributed by atoms with Crippen molar-refractivity contribution in [2.75, 3.05) is 13.6 Å². The van der Waals surface area contributed by atoms with Crippen molar-refractivity contribution < 1.29 is 31.9 Å². The summed E-state index contributed by atoms with van der Waals surface area (Å²) >= 11 is 0. The van der Waals surface area contributed by atoms with E-state index in [-0.39, 0.29) is 5.56 Å². The summed E-state index contributed by atoms with van der Waals surface area (Å²) in [6.07, 6.45) is -5.48. The van der Waals surface area contributed by atoms with Crippen LogP contribution in [-0.4, -0.2) is 36.1 Å². The normalized spacial score (nSPS) is 11.8. The minimum atomic E-state index is -4.74. The van der Waals surface area contributed by atoms with Gasteiger partial charge in [-0.1, -0.05) is 6.07 Å². The van der Waals surface area contributed by atoms with E-state index in [9.17, 15) is 27.2 Å².